The molecular weight excluding hydrogens is 256 g/mol. The lowest BCUT2D eigenvalue weighted by Crippen LogP contribution is -1.85. The highest BCUT2D eigenvalue weighted by atomic mass is 16.5. The molecule has 3 aromatic carbocycles. The van der Waals surface area contributed by atoms with E-state index in [9.17, 15) is 0 Å². The molecule has 0 N–H and O–H groups in total. The Morgan fingerprint density at radius 3 is 2.00 bits per heavy atom. The molecule has 0 spiro atoms. The Bertz CT molecular complexity index is 758. The molecule has 1 aliphatic heterocycles. The Labute approximate surface area is 124 Å². The normalized spacial score (nSPS) is 12.8. The van der Waals surface area contributed by atoms with Gasteiger partial charge in [0.25, 0.3) is 0 Å². The Morgan fingerprint density at radius 2 is 1.24 bits per heavy atom. The summed E-state index contributed by atoms with van der Waals surface area (Å²) in [5.41, 5.74) is 6.35. The number of rotatable bonds is 2. The van der Waals surface area contributed by atoms with Crippen LogP contribution < -0.4 is 4.74 Å². The van der Waals surface area contributed by atoms with Crippen LogP contribution in [-0.2, 0) is 6.42 Å². The number of fused-ring (bicyclic) bond motifs is 1. The van der Waals surface area contributed by atoms with Crippen molar-refractivity contribution in [3.8, 4) is 28.0 Å². The first-order valence-electron chi connectivity index (χ1n) is 7.32. The van der Waals surface area contributed by atoms with Gasteiger partial charge in [0.1, 0.15) is 5.75 Å². The first kappa shape index (κ1) is 12.2. The predicted molar refractivity (Wildman–Crippen MR) is 86.5 cm³/mol. The van der Waals surface area contributed by atoms with Crippen molar-refractivity contribution < 1.29 is 4.74 Å². The molecule has 21 heavy (non-hydrogen) atoms. The summed E-state index contributed by atoms with van der Waals surface area (Å²) in [7, 11) is 0. The van der Waals surface area contributed by atoms with Crippen LogP contribution in [0, 0.1) is 0 Å². The van der Waals surface area contributed by atoms with E-state index in [2.05, 4.69) is 66.7 Å². The Hall–Kier alpha value is -2.54. The van der Waals surface area contributed by atoms with Gasteiger partial charge >= 0.3 is 0 Å². The van der Waals surface area contributed by atoms with E-state index < -0.39 is 0 Å². The molecule has 0 atom stereocenters. The summed E-state index contributed by atoms with van der Waals surface area (Å²) < 4.78 is 5.57. The zero-order valence-electron chi connectivity index (χ0n) is 11.8. The molecule has 0 saturated heterocycles. The Balaban J connectivity index is 1.68. The minimum Gasteiger partial charge on any atom is -0.493 e. The second-order valence-electron chi connectivity index (χ2n) is 5.36. The highest BCUT2D eigenvalue weighted by molar-refractivity contribution is 5.71. The van der Waals surface area contributed by atoms with E-state index in [-0.39, 0.29) is 0 Å². The molecule has 0 unspecified atom stereocenters. The van der Waals surface area contributed by atoms with Gasteiger partial charge in [-0.2, -0.15) is 0 Å². The van der Waals surface area contributed by atoms with Gasteiger partial charge in [-0.05, 0) is 39.9 Å². The molecular formula is C20H16O. The maximum Gasteiger partial charge on any atom is 0.122 e. The smallest absolute Gasteiger partial charge is 0.122 e. The fourth-order valence-electron chi connectivity index (χ4n) is 2.85. The number of ether oxygens (including phenoxy) is 1. The summed E-state index contributed by atoms with van der Waals surface area (Å²) in [5.74, 6) is 1.04. The second-order valence-corrected chi connectivity index (χ2v) is 5.36. The fraction of sp³-hybridized carbons (Fsp3) is 0.100. The van der Waals surface area contributed by atoms with Gasteiger partial charge in [0.05, 0.1) is 6.61 Å². The van der Waals surface area contributed by atoms with Crippen molar-refractivity contribution in [3.63, 3.8) is 0 Å². The first-order chi connectivity index (χ1) is 10.4. The first-order valence-corrected chi connectivity index (χ1v) is 7.32. The number of hydrogen-bond donors (Lipinski definition) is 0. The van der Waals surface area contributed by atoms with E-state index in [0.29, 0.717) is 0 Å². The van der Waals surface area contributed by atoms with Crippen molar-refractivity contribution in [2.75, 3.05) is 6.61 Å². The summed E-state index contributed by atoms with van der Waals surface area (Å²) in [6.45, 7) is 0.811. The third kappa shape index (κ3) is 2.31. The van der Waals surface area contributed by atoms with Crippen molar-refractivity contribution in [2.45, 2.75) is 6.42 Å². The van der Waals surface area contributed by atoms with Gasteiger partial charge in [-0.1, -0.05) is 60.7 Å². The predicted octanol–water partition coefficient (Wildman–Crippen LogP) is 4.96. The summed E-state index contributed by atoms with van der Waals surface area (Å²) in [6, 6.07) is 25.7. The average Bonchev–Trinajstić information content (AvgIpc) is 3.03. The Kier molecular flexibility index (Phi) is 2.97. The zero-order valence-corrected chi connectivity index (χ0v) is 11.8. The number of benzene rings is 3. The van der Waals surface area contributed by atoms with Crippen molar-refractivity contribution in [1.29, 1.82) is 0 Å². The Morgan fingerprint density at radius 1 is 0.619 bits per heavy atom. The van der Waals surface area contributed by atoms with E-state index in [1.807, 2.05) is 6.07 Å². The molecule has 1 nitrogen and oxygen atoms in total. The highest BCUT2D eigenvalue weighted by Crippen LogP contribution is 2.31. The van der Waals surface area contributed by atoms with Crippen LogP contribution >= 0.6 is 0 Å². The van der Waals surface area contributed by atoms with Gasteiger partial charge in [-0.25, -0.2) is 0 Å². The summed E-state index contributed by atoms with van der Waals surface area (Å²) in [4.78, 5) is 0. The third-order valence-corrected chi connectivity index (χ3v) is 4.01. The van der Waals surface area contributed by atoms with Crippen LogP contribution in [-0.4, -0.2) is 6.61 Å². The largest absolute Gasteiger partial charge is 0.493 e. The van der Waals surface area contributed by atoms with Gasteiger partial charge in [0, 0.05) is 6.42 Å². The molecule has 0 bridgehead atoms. The molecule has 102 valence electrons. The van der Waals surface area contributed by atoms with Crippen LogP contribution in [0.2, 0.25) is 0 Å². The maximum absolute atomic E-state index is 5.57. The lowest BCUT2D eigenvalue weighted by atomic mass is 9.99. The van der Waals surface area contributed by atoms with E-state index >= 15 is 0 Å². The van der Waals surface area contributed by atoms with Crippen LogP contribution in [0.25, 0.3) is 22.3 Å². The van der Waals surface area contributed by atoms with Crippen LogP contribution in [0.4, 0.5) is 0 Å². The molecule has 1 aliphatic rings. The molecule has 0 aliphatic carbocycles. The van der Waals surface area contributed by atoms with E-state index in [0.717, 1.165) is 18.8 Å². The number of hydrogen-bond acceptors (Lipinski definition) is 1. The van der Waals surface area contributed by atoms with Gasteiger partial charge < -0.3 is 4.74 Å². The highest BCUT2D eigenvalue weighted by Gasteiger charge is 2.12. The molecule has 1 heterocycles. The second kappa shape index (κ2) is 5.10. The van der Waals surface area contributed by atoms with E-state index in [4.69, 9.17) is 4.74 Å². The lowest BCUT2D eigenvalue weighted by Gasteiger charge is -2.06. The van der Waals surface area contributed by atoms with Crippen LogP contribution in [0.1, 0.15) is 5.56 Å². The molecule has 0 aromatic heterocycles. The molecule has 0 saturated carbocycles. The molecule has 0 fully saturated rings. The van der Waals surface area contributed by atoms with Gasteiger partial charge in [0.15, 0.2) is 0 Å². The van der Waals surface area contributed by atoms with Gasteiger partial charge in [-0.3, -0.25) is 0 Å². The monoisotopic (exact) mass is 272 g/mol. The molecule has 4 rings (SSSR count). The SMILES string of the molecule is c1ccc(-c2ccc(-c3ccc4c(c3)CCO4)cc2)cc1. The van der Waals surface area contributed by atoms with E-state index in [1.54, 1.807) is 0 Å². The minimum atomic E-state index is 0.811. The van der Waals surface area contributed by atoms with Crippen molar-refractivity contribution in [2.24, 2.45) is 0 Å². The fourth-order valence-corrected chi connectivity index (χ4v) is 2.85. The summed E-state index contributed by atoms with van der Waals surface area (Å²) in [5, 5.41) is 0. The molecule has 1 heteroatoms. The standard InChI is InChI=1S/C20H16O/c1-2-4-15(5-3-1)16-6-8-17(9-7-16)18-10-11-20-19(14-18)12-13-21-20/h1-11,14H,12-13H2. The molecule has 0 radical (unpaired) electrons. The van der Waals surface area contributed by atoms with Crippen molar-refractivity contribution >= 4 is 0 Å². The van der Waals surface area contributed by atoms with Crippen molar-refractivity contribution in [1.82, 2.24) is 0 Å². The summed E-state index contributed by atoms with van der Waals surface area (Å²) in [6.07, 6.45) is 1.02. The van der Waals surface area contributed by atoms with Gasteiger partial charge in [0.2, 0.25) is 0 Å². The quantitative estimate of drug-likeness (QED) is 0.641. The van der Waals surface area contributed by atoms with Crippen LogP contribution in [0.15, 0.2) is 72.8 Å². The molecule has 3 aromatic rings. The summed E-state index contributed by atoms with van der Waals surface area (Å²) >= 11 is 0. The lowest BCUT2D eigenvalue weighted by molar-refractivity contribution is 0.357. The van der Waals surface area contributed by atoms with E-state index in [1.165, 1.54) is 27.8 Å². The van der Waals surface area contributed by atoms with Crippen LogP contribution in [0.3, 0.4) is 0 Å². The topological polar surface area (TPSA) is 9.23 Å². The average molecular weight is 272 g/mol. The minimum absolute atomic E-state index is 0.811. The molecule has 0 amide bonds. The van der Waals surface area contributed by atoms with Crippen LogP contribution in [0.5, 0.6) is 5.75 Å². The third-order valence-electron chi connectivity index (χ3n) is 4.01. The zero-order chi connectivity index (χ0) is 14.1. The van der Waals surface area contributed by atoms with Gasteiger partial charge in [-0.15, -0.1) is 0 Å². The maximum atomic E-state index is 5.57. The van der Waals surface area contributed by atoms with Crippen molar-refractivity contribution in [3.05, 3.63) is 78.4 Å².